The number of likely N-dealkylation sites (N-methyl/N-ethyl adjacent to an activating group) is 1. The molecule has 0 bridgehead atoms. The molecule has 0 saturated heterocycles. The fourth-order valence-corrected chi connectivity index (χ4v) is 2.05. The normalized spacial score (nSPS) is 19.4. The van der Waals surface area contributed by atoms with Gasteiger partial charge in [0, 0.05) is 6.61 Å². The van der Waals surface area contributed by atoms with Crippen LogP contribution in [-0.4, -0.2) is 31.7 Å². The van der Waals surface area contributed by atoms with Crippen molar-refractivity contribution in [1.29, 1.82) is 0 Å². The molecule has 4 nitrogen and oxygen atoms in total. The monoisotopic (exact) mass is 228 g/mol. The smallest absolute Gasteiger partial charge is 0.240 e. The summed E-state index contributed by atoms with van der Waals surface area (Å²) in [6.07, 6.45) is 5.55. The molecule has 1 fully saturated rings. The lowest BCUT2D eigenvalue weighted by atomic mass is 9.93. The van der Waals surface area contributed by atoms with Gasteiger partial charge in [0.15, 0.2) is 0 Å². The van der Waals surface area contributed by atoms with Crippen molar-refractivity contribution in [3.63, 3.8) is 0 Å². The van der Waals surface area contributed by atoms with Crippen molar-refractivity contribution in [1.82, 2.24) is 5.32 Å². The summed E-state index contributed by atoms with van der Waals surface area (Å²) in [5.41, 5.74) is 4.85. The number of carbonyl (C=O) groups excluding carboxylic acids is 1. The third-order valence-corrected chi connectivity index (χ3v) is 3.38. The van der Waals surface area contributed by atoms with Crippen molar-refractivity contribution >= 4 is 5.91 Å². The number of nitrogens with two attached hydrogens (primary N) is 1. The van der Waals surface area contributed by atoms with E-state index >= 15 is 0 Å². The highest BCUT2D eigenvalue weighted by Crippen LogP contribution is 2.39. The van der Waals surface area contributed by atoms with Crippen LogP contribution in [0.15, 0.2) is 0 Å². The van der Waals surface area contributed by atoms with E-state index in [9.17, 15) is 4.79 Å². The third kappa shape index (κ3) is 3.19. The van der Waals surface area contributed by atoms with Crippen molar-refractivity contribution in [2.24, 2.45) is 11.7 Å². The number of ether oxygens (including phenoxy) is 1. The van der Waals surface area contributed by atoms with Crippen LogP contribution >= 0.6 is 0 Å². The number of unbranched alkanes of at least 4 members (excludes halogenated alkanes) is 2. The maximum atomic E-state index is 11.5. The Bertz CT molecular complexity index is 229. The van der Waals surface area contributed by atoms with E-state index in [0.717, 1.165) is 25.9 Å². The predicted octanol–water partition coefficient (Wildman–Crippen LogP) is 1.05. The van der Waals surface area contributed by atoms with Gasteiger partial charge >= 0.3 is 0 Å². The maximum Gasteiger partial charge on any atom is 0.240 e. The Morgan fingerprint density at radius 2 is 2.19 bits per heavy atom. The van der Waals surface area contributed by atoms with E-state index in [0.29, 0.717) is 12.5 Å². The molecule has 0 radical (unpaired) electrons. The Labute approximate surface area is 97.9 Å². The number of rotatable bonds is 9. The molecule has 1 saturated carbocycles. The Balaban J connectivity index is 2.35. The number of hydrogen-bond donors (Lipinski definition) is 2. The highest BCUT2D eigenvalue weighted by molar-refractivity contribution is 5.85. The first-order chi connectivity index (χ1) is 7.67. The molecule has 16 heavy (non-hydrogen) atoms. The van der Waals surface area contributed by atoms with Crippen LogP contribution in [0, 0.1) is 5.92 Å². The van der Waals surface area contributed by atoms with Crippen molar-refractivity contribution in [3.8, 4) is 0 Å². The quantitative estimate of drug-likeness (QED) is 0.580. The molecule has 94 valence electrons. The number of carbonyl (C=O) groups is 1. The van der Waals surface area contributed by atoms with Crippen LogP contribution < -0.4 is 11.1 Å². The minimum atomic E-state index is -0.633. The summed E-state index contributed by atoms with van der Waals surface area (Å²) >= 11 is 0. The average Bonchev–Trinajstić information content (AvgIpc) is 3.07. The Morgan fingerprint density at radius 1 is 1.50 bits per heavy atom. The molecule has 0 aromatic carbocycles. The van der Waals surface area contributed by atoms with Gasteiger partial charge in [-0.2, -0.15) is 0 Å². The first-order valence-corrected chi connectivity index (χ1v) is 6.24. The van der Waals surface area contributed by atoms with E-state index in [1.165, 1.54) is 12.8 Å². The second-order valence-electron chi connectivity index (χ2n) is 4.62. The van der Waals surface area contributed by atoms with E-state index in [1.54, 1.807) is 7.05 Å². The van der Waals surface area contributed by atoms with Gasteiger partial charge < -0.3 is 15.8 Å². The van der Waals surface area contributed by atoms with Crippen LogP contribution in [0.3, 0.4) is 0 Å². The molecule has 3 N–H and O–H groups in total. The molecular weight excluding hydrogens is 204 g/mol. The number of amides is 1. The molecule has 1 amide bonds. The molecule has 0 aromatic heterocycles. The van der Waals surface area contributed by atoms with Gasteiger partial charge in [0.25, 0.3) is 0 Å². The van der Waals surface area contributed by atoms with Gasteiger partial charge in [0.05, 0.1) is 6.61 Å². The van der Waals surface area contributed by atoms with Crippen molar-refractivity contribution in [2.45, 2.75) is 44.6 Å². The third-order valence-electron chi connectivity index (χ3n) is 3.38. The number of primary amides is 1. The zero-order valence-corrected chi connectivity index (χ0v) is 10.4. The van der Waals surface area contributed by atoms with Crippen LogP contribution in [0.1, 0.15) is 39.0 Å². The van der Waals surface area contributed by atoms with Crippen molar-refractivity contribution in [3.05, 3.63) is 0 Å². The summed E-state index contributed by atoms with van der Waals surface area (Å²) in [5, 5.41) is 3.07. The molecule has 0 aliphatic heterocycles. The molecule has 1 rings (SSSR count). The number of hydrogen-bond acceptors (Lipinski definition) is 3. The van der Waals surface area contributed by atoms with Gasteiger partial charge in [-0.25, -0.2) is 0 Å². The summed E-state index contributed by atoms with van der Waals surface area (Å²) in [6, 6.07) is 0. The van der Waals surface area contributed by atoms with Gasteiger partial charge in [-0.15, -0.1) is 0 Å². The van der Waals surface area contributed by atoms with Gasteiger partial charge in [-0.1, -0.05) is 19.8 Å². The first kappa shape index (κ1) is 13.5. The summed E-state index contributed by atoms with van der Waals surface area (Å²) in [5.74, 6) is 0.0779. The van der Waals surface area contributed by atoms with Gasteiger partial charge in [0.1, 0.15) is 5.54 Å². The molecule has 0 heterocycles. The van der Waals surface area contributed by atoms with E-state index in [4.69, 9.17) is 10.5 Å². The lowest BCUT2D eigenvalue weighted by Crippen LogP contribution is -2.59. The summed E-state index contributed by atoms with van der Waals surface area (Å²) in [7, 11) is 1.79. The standard InChI is InChI=1S/C12H24N2O2/c1-3-4-5-8-16-9-12(14-2,11(13)15)10-6-7-10/h10,14H,3-9H2,1-2H3,(H2,13,15). The Morgan fingerprint density at radius 3 is 2.62 bits per heavy atom. The minimum absolute atomic E-state index is 0.284. The molecule has 4 heteroatoms. The van der Waals surface area contributed by atoms with Crippen molar-refractivity contribution < 1.29 is 9.53 Å². The summed E-state index contributed by atoms with van der Waals surface area (Å²) < 4.78 is 5.59. The molecule has 1 aliphatic rings. The largest absolute Gasteiger partial charge is 0.379 e. The fourth-order valence-electron chi connectivity index (χ4n) is 2.05. The topological polar surface area (TPSA) is 64.3 Å². The lowest BCUT2D eigenvalue weighted by molar-refractivity contribution is -0.128. The second kappa shape index (κ2) is 6.21. The zero-order valence-electron chi connectivity index (χ0n) is 10.4. The van der Waals surface area contributed by atoms with Crippen LogP contribution in [0.4, 0.5) is 0 Å². The molecule has 1 unspecified atom stereocenters. The van der Waals surface area contributed by atoms with Crippen LogP contribution in [0.25, 0.3) is 0 Å². The van der Waals surface area contributed by atoms with Gasteiger partial charge in [-0.05, 0) is 32.2 Å². The molecule has 1 atom stereocenters. The molecule has 0 aromatic rings. The fraction of sp³-hybridized carbons (Fsp3) is 0.917. The molecule has 1 aliphatic carbocycles. The molecule has 0 spiro atoms. The second-order valence-corrected chi connectivity index (χ2v) is 4.62. The van der Waals surface area contributed by atoms with Crippen LogP contribution in [0.5, 0.6) is 0 Å². The first-order valence-electron chi connectivity index (χ1n) is 6.24. The average molecular weight is 228 g/mol. The predicted molar refractivity (Wildman–Crippen MR) is 64.1 cm³/mol. The van der Waals surface area contributed by atoms with E-state index in [1.807, 2.05) is 0 Å². The Kier molecular flexibility index (Phi) is 5.22. The van der Waals surface area contributed by atoms with Crippen LogP contribution in [-0.2, 0) is 9.53 Å². The highest BCUT2D eigenvalue weighted by Gasteiger charge is 2.49. The van der Waals surface area contributed by atoms with E-state index in [2.05, 4.69) is 12.2 Å². The summed E-state index contributed by atoms with van der Waals surface area (Å²) in [4.78, 5) is 11.5. The SMILES string of the molecule is CCCCCOCC(NC)(C(N)=O)C1CC1. The summed E-state index contributed by atoms with van der Waals surface area (Å²) in [6.45, 7) is 3.29. The minimum Gasteiger partial charge on any atom is -0.379 e. The highest BCUT2D eigenvalue weighted by atomic mass is 16.5. The van der Waals surface area contributed by atoms with E-state index in [-0.39, 0.29) is 5.91 Å². The number of nitrogens with one attached hydrogen (secondary N) is 1. The van der Waals surface area contributed by atoms with Gasteiger partial charge in [-0.3, -0.25) is 4.79 Å². The zero-order chi connectivity index (χ0) is 12.0. The maximum absolute atomic E-state index is 11.5. The van der Waals surface area contributed by atoms with E-state index < -0.39 is 5.54 Å². The van der Waals surface area contributed by atoms with Gasteiger partial charge in [0.2, 0.25) is 5.91 Å². The van der Waals surface area contributed by atoms with Crippen molar-refractivity contribution in [2.75, 3.05) is 20.3 Å². The molecular formula is C12H24N2O2. The van der Waals surface area contributed by atoms with Crippen LogP contribution in [0.2, 0.25) is 0 Å². The lowest BCUT2D eigenvalue weighted by Gasteiger charge is -2.30. The Hall–Kier alpha value is -0.610.